The van der Waals surface area contributed by atoms with Crippen molar-refractivity contribution in [1.29, 1.82) is 5.26 Å². The van der Waals surface area contributed by atoms with Gasteiger partial charge in [0.2, 0.25) is 0 Å². The highest BCUT2D eigenvalue weighted by molar-refractivity contribution is 8.26. The first-order chi connectivity index (χ1) is 14.8. The maximum absolute atomic E-state index is 13.2. The molecule has 2 aliphatic rings. The van der Waals surface area contributed by atoms with Crippen molar-refractivity contribution in [3.63, 3.8) is 0 Å². The first-order valence-corrected chi connectivity index (χ1v) is 12.3. The second kappa shape index (κ2) is 10.0. The van der Waals surface area contributed by atoms with Crippen LogP contribution in [0.4, 0.5) is 5.82 Å². The third kappa shape index (κ3) is 4.44. The summed E-state index contributed by atoms with van der Waals surface area (Å²) in [7, 11) is 0. The number of carbonyl (C=O) groups excluding carboxylic acids is 1. The highest BCUT2D eigenvalue weighted by Gasteiger charge is 2.35. The number of unbranched alkanes of at least 4 members (excludes halogenated alkanes) is 1. The van der Waals surface area contributed by atoms with Crippen LogP contribution in [0, 0.1) is 18.3 Å². The molecule has 1 atom stereocenters. The fraction of sp³-hybridized carbons (Fsp3) is 0.565. The number of nitriles is 1. The molecule has 31 heavy (non-hydrogen) atoms. The summed E-state index contributed by atoms with van der Waals surface area (Å²) in [4.78, 5) is 30.8. The van der Waals surface area contributed by atoms with Gasteiger partial charge in [-0.1, -0.05) is 44.2 Å². The molecule has 2 aliphatic heterocycles. The molecule has 3 rings (SSSR count). The molecule has 0 radical (unpaired) electrons. The van der Waals surface area contributed by atoms with Crippen molar-refractivity contribution < 1.29 is 4.79 Å². The lowest BCUT2D eigenvalue weighted by Crippen LogP contribution is -2.36. The monoisotopic (exact) mass is 458 g/mol. The van der Waals surface area contributed by atoms with E-state index < -0.39 is 0 Å². The van der Waals surface area contributed by atoms with Crippen molar-refractivity contribution >= 4 is 46.1 Å². The maximum Gasteiger partial charge on any atom is 0.270 e. The van der Waals surface area contributed by atoms with Gasteiger partial charge < -0.3 is 4.90 Å². The number of aromatic nitrogens is 1. The molecule has 2 fully saturated rings. The summed E-state index contributed by atoms with van der Waals surface area (Å²) in [6.45, 7) is 10.2. The largest absolute Gasteiger partial charge is 0.357 e. The minimum absolute atomic E-state index is 0.0331. The van der Waals surface area contributed by atoms with Crippen molar-refractivity contribution in [2.45, 2.75) is 72.4 Å². The molecule has 1 unspecified atom stereocenters. The van der Waals surface area contributed by atoms with Gasteiger partial charge in [-0.2, -0.15) is 5.26 Å². The molecule has 1 amide bonds. The van der Waals surface area contributed by atoms with E-state index in [4.69, 9.17) is 12.2 Å². The average Bonchev–Trinajstić information content (AvgIpc) is 3.37. The highest BCUT2D eigenvalue weighted by Crippen LogP contribution is 2.37. The Balaban J connectivity index is 2.22. The van der Waals surface area contributed by atoms with Crippen LogP contribution in [0.3, 0.4) is 0 Å². The van der Waals surface area contributed by atoms with Gasteiger partial charge in [0.1, 0.15) is 21.8 Å². The molecule has 166 valence electrons. The smallest absolute Gasteiger partial charge is 0.270 e. The van der Waals surface area contributed by atoms with Crippen molar-refractivity contribution in [2.24, 2.45) is 0 Å². The summed E-state index contributed by atoms with van der Waals surface area (Å²) in [5, 5.41) is 9.73. The Kier molecular flexibility index (Phi) is 7.60. The molecule has 1 aromatic rings. The summed E-state index contributed by atoms with van der Waals surface area (Å²) in [5.41, 5.74) is 1.34. The SMILES string of the molecule is CCCCn1c(N2CCCC2)c(/C=C2\SC(=S)N(C(C)CC)C2=O)c(C)c(C#N)c1=O. The molecule has 1 aromatic heterocycles. The normalized spacial score (nSPS) is 18.9. The van der Waals surface area contributed by atoms with Gasteiger partial charge in [-0.25, -0.2) is 0 Å². The summed E-state index contributed by atoms with van der Waals surface area (Å²) in [6.07, 6.45) is 6.60. The molecule has 8 heteroatoms. The topological polar surface area (TPSA) is 69.3 Å². The molecular formula is C23H30N4O2S2. The average molecular weight is 459 g/mol. The Morgan fingerprint density at radius 1 is 1.26 bits per heavy atom. The molecule has 0 spiro atoms. The van der Waals surface area contributed by atoms with Crippen LogP contribution in [0.1, 0.15) is 69.6 Å². The third-order valence-electron chi connectivity index (χ3n) is 6.12. The van der Waals surface area contributed by atoms with Gasteiger partial charge in [-0.15, -0.1) is 0 Å². The van der Waals surface area contributed by atoms with Gasteiger partial charge in [0.15, 0.2) is 0 Å². The van der Waals surface area contributed by atoms with Crippen LogP contribution >= 0.6 is 24.0 Å². The van der Waals surface area contributed by atoms with Crippen LogP contribution in [-0.2, 0) is 11.3 Å². The molecule has 0 saturated carbocycles. The van der Waals surface area contributed by atoms with Gasteiger partial charge >= 0.3 is 0 Å². The number of thiocarbonyl (C=S) groups is 1. The Morgan fingerprint density at radius 2 is 1.94 bits per heavy atom. The van der Waals surface area contributed by atoms with Crippen LogP contribution in [0.2, 0.25) is 0 Å². The number of anilines is 1. The molecule has 0 bridgehead atoms. The van der Waals surface area contributed by atoms with Gasteiger partial charge in [0.25, 0.3) is 11.5 Å². The zero-order valence-corrected chi connectivity index (χ0v) is 20.4. The zero-order chi connectivity index (χ0) is 22.7. The van der Waals surface area contributed by atoms with Crippen molar-refractivity contribution in [2.75, 3.05) is 18.0 Å². The molecular weight excluding hydrogens is 428 g/mol. The van der Waals surface area contributed by atoms with Crippen LogP contribution in [0.5, 0.6) is 0 Å². The zero-order valence-electron chi connectivity index (χ0n) is 18.7. The van der Waals surface area contributed by atoms with Crippen molar-refractivity contribution in [3.05, 3.63) is 31.9 Å². The Morgan fingerprint density at radius 3 is 2.52 bits per heavy atom. The van der Waals surface area contributed by atoms with E-state index in [1.54, 1.807) is 9.47 Å². The number of rotatable bonds is 7. The fourth-order valence-electron chi connectivity index (χ4n) is 4.11. The Hall–Kier alpha value is -2.11. The quantitative estimate of drug-likeness (QED) is 0.445. The number of nitrogens with zero attached hydrogens (tertiary/aromatic N) is 4. The molecule has 0 aromatic carbocycles. The number of hydrogen-bond donors (Lipinski definition) is 0. The molecule has 2 saturated heterocycles. The van der Waals surface area contributed by atoms with Crippen LogP contribution in [0.25, 0.3) is 6.08 Å². The van der Waals surface area contributed by atoms with E-state index in [0.29, 0.717) is 21.3 Å². The number of hydrogen-bond acceptors (Lipinski definition) is 6. The van der Waals surface area contributed by atoms with E-state index in [2.05, 4.69) is 17.9 Å². The number of pyridine rings is 1. The van der Waals surface area contributed by atoms with Gasteiger partial charge in [-0.05, 0) is 51.2 Å². The summed E-state index contributed by atoms with van der Waals surface area (Å²) >= 11 is 6.79. The van der Waals surface area contributed by atoms with E-state index in [1.807, 2.05) is 26.8 Å². The van der Waals surface area contributed by atoms with Gasteiger partial charge in [0, 0.05) is 31.2 Å². The molecule has 0 aliphatic carbocycles. The fourth-order valence-corrected chi connectivity index (χ4v) is 5.55. The number of amides is 1. The standard InChI is InChI=1S/C23H30N4O2S2/c1-5-7-12-26-20(25-10-8-9-11-25)17(16(4)18(14-24)21(26)28)13-19-22(29)27(15(3)6-2)23(30)31-19/h13,15H,5-12H2,1-4H3/b19-13-. The van der Waals surface area contributed by atoms with Gasteiger partial charge in [-0.3, -0.25) is 19.1 Å². The third-order valence-corrected chi connectivity index (χ3v) is 7.45. The first-order valence-electron chi connectivity index (χ1n) is 11.0. The lowest BCUT2D eigenvalue weighted by Gasteiger charge is -2.27. The van der Waals surface area contributed by atoms with E-state index in [9.17, 15) is 14.9 Å². The second-order valence-corrected chi connectivity index (χ2v) is 9.84. The summed E-state index contributed by atoms with van der Waals surface area (Å²) < 4.78 is 2.31. The summed E-state index contributed by atoms with van der Waals surface area (Å²) in [6, 6.07) is 2.14. The molecule has 3 heterocycles. The van der Waals surface area contributed by atoms with E-state index in [0.717, 1.165) is 56.6 Å². The van der Waals surface area contributed by atoms with Crippen LogP contribution < -0.4 is 10.5 Å². The maximum atomic E-state index is 13.2. The predicted octanol–water partition coefficient (Wildman–Crippen LogP) is 4.43. The van der Waals surface area contributed by atoms with E-state index >= 15 is 0 Å². The first kappa shape index (κ1) is 23.6. The number of carbonyl (C=O) groups is 1. The highest BCUT2D eigenvalue weighted by atomic mass is 32.2. The predicted molar refractivity (Wildman–Crippen MR) is 131 cm³/mol. The van der Waals surface area contributed by atoms with E-state index in [-0.39, 0.29) is 23.1 Å². The second-order valence-electron chi connectivity index (χ2n) is 8.16. The minimum Gasteiger partial charge on any atom is -0.357 e. The lowest BCUT2D eigenvalue weighted by atomic mass is 10.0. The Bertz CT molecular complexity index is 1020. The van der Waals surface area contributed by atoms with Crippen molar-refractivity contribution in [3.8, 4) is 6.07 Å². The van der Waals surface area contributed by atoms with Crippen molar-refractivity contribution in [1.82, 2.24) is 9.47 Å². The van der Waals surface area contributed by atoms with Crippen LogP contribution in [-0.4, -0.2) is 38.8 Å². The summed E-state index contributed by atoms with van der Waals surface area (Å²) in [5.74, 6) is 0.738. The Labute approximate surface area is 193 Å². The molecule has 6 nitrogen and oxygen atoms in total. The van der Waals surface area contributed by atoms with Gasteiger partial charge in [0.05, 0.1) is 4.91 Å². The van der Waals surface area contributed by atoms with E-state index in [1.165, 1.54) is 11.8 Å². The number of thioether (sulfide) groups is 1. The lowest BCUT2D eigenvalue weighted by molar-refractivity contribution is -0.123. The van der Waals surface area contributed by atoms with Crippen LogP contribution in [0.15, 0.2) is 9.70 Å². The minimum atomic E-state index is -0.236. The molecule has 0 N–H and O–H groups in total.